The smallest absolute Gasteiger partial charge is 0.329 e. The lowest BCUT2D eigenvalue weighted by Gasteiger charge is -2.37. The van der Waals surface area contributed by atoms with E-state index in [2.05, 4.69) is 9.97 Å². The molecular formula is C13H17ClN4O5. The molecule has 0 spiro atoms. The molecule has 1 aromatic rings. The number of hydrogen-bond acceptors (Lipinski definition) is 8. The van der Waals surface area contributed by atoms with Gasteiger partial charge in [0.25, 0.3) is 0 Å². The van der Waals surface area contributed by atoms with Crippen molar-refractivity contribution in [2.24, 2.45) is 0 Å². The SMILES string of the molecule is COC(=O)C(C)N(c1nc(Cl)ncc1[N+](=O)[O-])C1CCOCC1. The fraction of sp³-hybridized carbons (Fsp3) is 0.615. The van der Waals surface area contributed by atoms with E-state index in [9.17, 15) is 14.9 Å². The Bertz CT molecular complexity index is 594. The van der Waals surface area contributed by atoms with Crippen LogP contribution in [-0.4, -0.2) is 53.3 Å². The minimum atomic E-state index is -0.757. The standard InChI is InChI=1S/C13H17ClN4O5/c1-8(12(19)22-2)17(9-3-5-23-6-4-9)11-10(18(20)21)7-15-13(14)16-11/h7-9H,3-6H2,1-2H3. The Morgan fingerprint density at radius 1 is 1.57 bits per heavy atom. The summed E-state index contributed by atoms with van der Waals surface area (Å²) >= 11 is 5.81. The lowest BCUT2D eigenvalue weighted by atomic mass is 10.0. The molecule has 0 N–H and O–H groups in total. The Kier molecular flexibility index (Phi) is 5.67. The molecule has 0 aliphatic carbocycles. The van der Waals surface area contributed by atoms with Crippen LogP contribution in [0.15, 0.2) is 6.20 Å². The summed E-state index contributed by atoms with van der Waals surface area (Å²) in [5, 5.41) is 11.2. The first-order valence-corrected chi connectivity index (χ1v) is 7.44. The van der Waals surface area contributed by atoms with Gasteiger partial charge >= 0.3 is 11.7 Å². The zero-order valence-corrected chi connectivity index (χ0v) is 13.5. The van der Waals surface area contributed by atoms with Gasteiger partial charge in [0.2, 0.25) is 11.1 Å². The molecule has 1 atom stereocenters. The van der Waals surface area contributed by atoms with Gasteiger partial charge in [-0.2, -0.15) is 4.98 Å². The van der Waals surface area contributed by atoms with Gasteiger partial charge in [-0.15, -0.1) is 0 Å². The van der Waals surface area contributed by atoms with Crippen LogP contribution in [0.4, 0.5) is 11.5 Å². The quantitative estimate of drug-likeness (QED) is 0.343. The first-order chi connectivity index (χ1) is 11.0. The number of rotatable bonds is 5. The summed E-state index contributed by atoms with van der Waals surface area (Å²) in [5.74, 6) is -0.500. The van der Waals surface area contributed by atoms with Crippen molar-refractivity contribution in [3.8, 4) is 0 Å². The van der Waals surface area contributed by atoms with E-state index in [1.165, 1.54) is 7.11 Å². The number of aromatic nitrogens is 2. The molecule has 0 bridgehead atoms. The highest BCUT2D eigenvalue weighted by Crippen LogP contribution is 2.32. The van der Waals surface area contributed by atoms with Crippen LogP contribution < -0.4 is 4.90 Å². The van der Waals surface area contributed by atoms with Crippen molar-refractivity contribution in [2.45, 2.75) is 31.8 Å². The molecular weight excluding hydrogens is 328 g/mol. The van der Waals surface area contributed by atoms with E-state index in [0.29, 0.717) is 26.1 Å². The van der Waals surface area contributed by atoms with Crippen LogP contribution >= 0.6 is 11.6 Å². The van der Waals surface area contributed by atoms with Crippen molar-refractivity contribution in [2.75, 3.05) is 25.2 Å². The maximum atomic E-state index is 12.0. The van der Waals surface area contributed by atoms with E-state index in [1.807, 2.05) is 0 Å². The van der Waals surface area contributed by atoms with E-state index in [-0.39, 0.29) is 22.8 Å². The molecule has 1 saturated heterocycles. The number of carbonyl (C=O) groups is 1. The molecule has 1 aliphatic heterocycles. The lowest BCUT2D eigenvalue weighted by Crippen LogP contribution is -2.49. The number of hydrogen-bond donors (Lipinski definition) is 0. The molecule has 9 nitrogen and oxygen atoms in total. The fourth-order valence-corrected chi connectivity index (χ4v) is 2.71. The van der Waals surface area contributed by atoms with Crippen LogP contribution in [0.25, 0.3) is 0 Å². The number of nitrogens with zero attached hydrogens (tertiary/aromatic N) is 4. The van der Waals surface area contributed by atoms with E-state index in [0.717, 1.165) is 6.20 Å². The van der Waals surface area contributed by atoms with Crippen molar-refractivity contribution in [1.29, 1.82) is 0 Å². The molecule has 1 unspecified atom stereocenters. The van der Waals surface area contributed by atoms with E-state index >= 15 is 0 Å². The highest BCUT2D eigenvalue weighted by molar-refractivity contribution is 6.28. The molecule has 0 saturated carbocycles. The minimum absolute atomic E-state index is 0.0137. The Balaban J connectivity index is 2.50. The van der Waals surface area contributed by atoms with E-state index < -0.39 is 16.9 Å². The van der Waals surface area contributed by atoms with Gasteiger partial charge in [0.1, 0.15) is 12.2 Å². The molecule has 0 radical (unpaired) electrons. The van der Waals surface area contributed by atoms with Crippen molar-refractivity contribution in [3.05, 3.63) is 21.6 Å². The molecule has 10 heteroatoms. The molecule has 1 aliphatic rings. The number of nitro groups is 1. The maximum absolute atomic E-state index is 12.0. The third-order valence-corrected chi connectivity index (χ3v) is 3.89. The lowest BCUT2D eigenvalue weighted by molar-refractivity contribution is -0.384. The second kappa shape index (κ2) is 7.51. The predicted molar refractivity (Wildman–Crippen MR) is 81.5 cm³/mol. The summed E-state index contributed by atoms with van der Waals surface area (Å²) in [4.78, 5) is 31.9. The van der Waals surface area contributed by atoms with Crippen LogP contribution in [0, 0.1) is 10.1 Å². The largest absolute Gasteiger partial charge is 0.467 e. The molecule has 1 fully saturated rings. The highest BCUT2D eigenvalue weighted by Gasteiger charge is 2.36. The van der Waals surface area contributed by atoms with E-state index in [1.54, 1.807) is 11.8 Å². The Hall–Kier alpha value is -2.00. The number of carbonyl (C=O) groups excluding carboxylic acids is 1. The number of anilines is 1. The monoisotopic (exact) mass is 344 g/mol. The van der Waals surface area contributed by atoms with Crippen LogP contribution in [0.3, 0.4) is 0 Å². The predicted octanol–water partition coefficient (Wildman–Crippen LogP) is 1.59. The summed E-state index contributed by atoms with van der Waals surface area (Å²) in [6.45, 7) is 2.62. The van der Waals surface area contributed by atoms with Gasteiger partial charge in [0, 0.05) is 19.3 Å². The van der Waals surface area contributed by atoms with Crippen LogP contribution in [0.5, 0.6) is 0 Å². The summed E-state index contributed by atoms with van der Waals surface area (Å²) in [6.07, 6.45) is 2.27. The Morgan fingerprint density at radius 3 is 2.78 bits per heavy atom. The summed E-state index contributed by atoms with van der Waals surface area (Å²) in [7, 11) is 1.27. The Labute approximate surface area is 137 Å². The van der Waals surface area contributed by atoms with Crippen molar-refractivity contribution >= 4 is 29.1 Å². The first kappa shape index (κ1) is 17.4. The molecule has 2 rings (SSSR count). The van der Waals surface area contributed by atoms with Gasteiger partial charge in [-0.3, -0.25) is 10.1 Å². The maximum Gasteiger partial charge on any atom is 0.329 e. The van der Waals surface area contributed by atoms with Crippen LogP contribution in [0.2, 0.25) is 5.28 Å². The topological polar surface area (TPSA) is 108 Å². The molecule has 0 amide bonds. The van der Waals surface area contributed by atoms with Gasteiger partial charge in [-0.05, 0) is 31.4 Å². The van der Waals surface area contributed by atoms with Gasteiger partial charge < -0.3 is 14.4 Å². The first-order valence-electron chi connectivity index (χ1n) is 7.06. The molecule has 2 heterocycles. The van der Waals surface area contributed by atoms with Gasteiger partial charge in [-0.1, -0.05) is 0 Å². The average Bonchev–Trinajstić information content (AvgIpc) is 2.55. The number of halogens is 1. The van der Waals surface area contributed by atoms with E-state index in [4.69, 9.17) is 21.1 Å². The van der Waals surface area contributed by atoms with Crippen LogP contribution in [-0.2, 0) is 14.3 Å². The van der Waals surface area contributed by atoms with Crippen molar-refractivity contribution < 1.29 is 19.2 Å². The fourth-order valence-electron chi connectivity index (χ4n) is 2.58. The third-order valence-electron chi connectivity index (χ3n) is 3.71. The van der Waals surface area contributed by atoms with Crippen molar-refractivity contribution in [1.82, 2.24) is 9.97 Å². The summed E-state index contributed by atoms with van der Waals surface area (Å²) < 4.78 is 10.1. The second-order valence-corrected chi connectivity index (χ2v) is 5.39. The molecule has 126 valence electrons. The van der Waals surface area contributed by atoms with Crippen LogP contribution in [0.1, 0.15) is 19.8 Å². The second-order valence-electron chi connectivity index (χ2n) is 5.05. The normalized spacial score (nSPS) is 16.7. The summed E-state index contributed by atoms with van der Waals surface area (Å²) in [6, 6.07) is -0.907. The van der Waals surface area contributed by atoms with Gasteiger partial charge in [-0.25, -0.2) is 9.78 Å². The van der Waals surface area contributed by atoms with Gasteiger partial charge in [0.05, 0.1) is 12.0 Å². The number of ether oxygens (including phenoxy) is 2. The number of esters is 1. The molecule has 23 heavy (non-hydrogen) atoms. The molecule has 1 aromatic heterocycles. The zero-order valence-electron chi connectivity index (χ0n) is 12.8. The average molecular weight is 345 g/mol. The summed E-state index contributed by atoms with van der Waals surface area (Å²) in [5.41, 5.74) is -0.309. The number of methoxy groups -OCH3 is 1. The Morgan fingerprint density at radius 2 is 2.22 bits per heavy atom. The zero-order chi connectivity index (χ0) is 17.0. The van der Waals surface area contributed by atoms with Gasteiger partial charge in [0.15, 0.2) is 0 Å². The minimum Gasteiger partial charge on any atom is -0.467 e. The highest BCUT2D eigenvalue weighted by atomic mass is 35.5. The molecule has 0 aromatic carbocycles. The van der Waals surface area contributed by atoms with Crippen molar-refractivity contribution in [3.63, 3.8) is 0 Å². The third kappa shape index (κ3) is 3.85.